The summed E-state index contributed by atoms with van der Waals surface area (Å²) in [4.78, 5) is 25.2. The van der Waals surface area contributed by atoms with Crippen LogP contribution in [0, 0.1) is 5.92 Å². The molecule has 5 atom stereocenters. The number of hydrogen-bond acceptors (Lipinski definition) is 9. The van der Waals surface area contributed by atoms with Gasteiger partial charge in [0.15, 0.2) is 12.6 Å². The normalized spacial score (nSPS) is 20.4. The van der Waals surface area contributed by atoms with Gasteiger partial charge in [-0.05, 0) is 62.9 Å². The molecule has 0 spiro atoms. The van der Waals surface area contributed by atoms with E-state index in [1.165, 1.54) is 20.3 Å². The zero-order valence-electron chi connectivity index (χ0n) is 24.8. The second-order valence-electron chi connectivity index (χ2n) is 10.4. The van der Waals surface area contributed by atoms with Crippen molar-refractivity contribution in [3.05, 3.63) is 77.4 Å². The van der Waals surface area contributed by atoms with Crippen LogP contribution < -0.4 is 9.47 Å². The van der Waals surface area contributed by atoms with Gasteiger partial charge in [-0.15, -0.1) is 0 Å². The van der Waals surface area contributed by atoms with E-state index in [-0.39, 0.29) is 24.0 Å². The molecule has 1 unspecified atom stereocenters. The van der Waals surface area contributed by atoms with Gasteiger partial charge in [-0.2, -0.15) is 0 Å². The monoisotopic (exact) mass is 584 g/mol. The highest BCUT2D eigenvalue weighted by Crippen LogP contribution is 2.35. The summed E-state index contributed by atoms with van der Waals surface area (Å²) >= 11 is 0. The first-order valence-electron chi connectivity index (χ1n) is 13.7. The first-order valence-corrected chi connectivity index (χ1v) is 13.7. The second kappa shape index (κ2) is 15.0. The summed E-state index contributed by atoms with van der Waals surface area (Å²) in [7, 11) is 2.91. The van der Waals surface area contributed by atoms with Crippen molar-refractivity contribution in [1.29, 1.82) is 0 Å². The molecule has 0 radical (unpaired) electrons. The van der Waals surface area contributed by atoms with E-state index in [1.54, 1.807) is 75.4 Å². The standard InChI is InChI=1S/C32H40O10/c1-20(21(2)33)15-16-25(40-31(36)22-11-8-7-9-12-22)29-26(41-32(3,4)42-29)14-10-13-23-17-24(38-6)18-27(39-19-37-5)28(23)30(34)35/h7-13,15-18,20-21,25-26,29,33H,14,19H2,1-6H3,(H,34,35)/b13-10+,16-15-/t20-,21+,25?,26-,29-/m1/s1. The zero-order chi connectivity index (χ0) is 30.9. The number of carbonyl (C=O) groups is 2. The number of benzene rings is 2. The Morgan fingerprint density at radius 2 is 1.79 bits per heavy atom. The number of rotatable bonds is 14. The van der Waals surface area contributed by atoms with Gasteiger partial charge in [-0.1, -0.05) is 43.4 Å². The topological polar surface area (TPSA) is 130 Å². The summed E-state index contributed by atoms with van der Waals surface area (Å²) in [5.74, 6) is -2.36. The lowest BCUT2D eigenvalue weighted by Crippen LogP contribution is -2.37. The Bertz CT molecular complexity index is 1250. The number of carbonyl (C=O) groups excluding carboxylic acids is 1. The van der Waals surface area contributed by atoms with Gasteiger partial charge in [0.25, 0.3) is 0 Å². The Kier molecular flexibility index (Phi) is 11.7. The summed E-state index contributed by atoms with van der Waals surface area (Å²) < 4.78 is 34.1. The molecule has 1 aliphatic rings. The fraction of sp³-hybridized carbons (Fsp3) is 0.438. The lowest BCUT2D eigenvalue weighted by atomic mass is 9.99. The maximum absolute atomic E-state index is 13.0. The fourth-order valence-corrected chi connectivity index (χ4v) is 4.41. The van der Waals surface area contributed by atoms with Crippen LogP contribution >= 0.6 is 0 Å². The Labute approximate surface area is 246 Å². The molecule has 228 valence electrons. The van der Waals surface area contributed by atoms with E-state index < -0.39 is 42.1 Å². The zero-order valence-corrected chi connectivity index (χ0v) is 24.8. The van der Waals surface area contributed by atoms with E-state index in [0.717, 1.165) is 0 Å². The molecule has 0 amide bonds. The van der Waals surface area contributed by atoms with Gasteiger partial charge >= 0.3 is 11.9 Å². The van der Waals surface area contributed by atoms with Gasteiger partial charge in [0, 0.05) is 13.2 Å². The summed E-state index contributed by atoms with van der Waals surface area (Å²) in [6.45, 7) is 6.94. The Balaban J connectivity index is 1.91. The molecule has 2 aromatic rings. The Hall–Kier alpha value is -3.70. The Morgan fingerprint density at radius 1 is 1.07 bits per heavy atom. The number of aliphatic hydroxyl groups is 1. The summed E-state index contributed by atoms with van der Waals surface area (Å²) in [6.07, 6.45) is 4.53. The molecular formula is C32H40O10. The molecule has 10 heteroatoms. The number of ether oxygens (including phenoxy) is 6. The van der Waals surface area contributed by atoms with Crippen LogP contribution in [0.25, 0.3) is 6.08 Å². The summed E-state index contributed by atoms with van der Waals surface area (Å²) in [5, 5.41) is 19.9. The van der Waals surface area contributed by atoms with E-state index in [1.807, 2.05) is 13.0 Å². The van der Waals surface area contributed by atoms with E-state index in [2.05, 4.69) is 0 Å². The molecule has 0 aliphatic carbocycles. The van der Waals surface area contributed by atoms with Crippen molar-refractivity contribution in [2.24, 2.45) is 5.92 Å². The minimum atomic E-state index is -1.17. The van der Waals surface area contributed by atoms with E-state index in [9.17, 15) is 19.8 Å². The number of aromatic carboxylic acids is 1. The molecular weight excluding hydrogens is 544 g/mol. The highest BCUT2D eigenvalue weighted by Gasteiger charge is 2.45. The molecule has 2 N–H and O–H groups in total. The largest absolute Gasteiger partial charge is 0.497 e. The van der Waals surface area contributed by atoms with Crippen LogP contribution in [0.1, 0.15) is 60.4 Å². The van der Waals surface area contributed by atoms with Crippen LogP contribution in [0.4, 0.5) is 0 Å². The molecule has 2 aromatic carbocycles. The number of aliphatic hydroxyl groups excluding tert-OH is 1. The van der Waals surface area contributed by atoms with Gasteiger partial charge in [0.1, 0.15) is 29.3 Å². The van der Waals surface area contributed by atoms with Crippen LogP contribution in [0.3, 0.4) is 0 Å². The smallest absolute Gasteiger partial charge is 0.340 e. The van der Waals surface area contributed by atoms with E-state index in [0.29, 0.717) is 23.3 Å². The van der Waals surface area contributed by atoms with Crippen molar-refractivity contribution in [3.8, 4) is 11.5 Å². The molecule has 1 aliphatic heterocycles. The predicted molar refractivity (Wildman–Crippen MR) is 156 cm³/mol. The number of hydrogen-bond donors (Lipinski definition) is 2. The first kappa shape index (κ1) is 32.8. The van der Waals surface area contributed by atoms with Crippen LogP contribution in [0.2, 0.25) is 0 Å². The average molecular weight is 585 g/mol. The fourth-order valence-electron chi connectivity index (χ4n) is 4.41. The van der Waals surface area contributed by atoms with Crippen molar-refractivity contribution in [2.75, 3.05) is 21.0 Å². The molecule has 10 nitrogen and oxygen atoms in total. The van der Waals surface area contributed by atoms with E-state index >= 15 is 0 Å². The molecule has 1 fully saturated rings. The predicted octanol–water partition coefficient (Wildman–Crippen LogP) is 5.10. The number of carboxylic acid groups (broad SMARTS) is 1. The second-order valence-corrected chi connectivity index (χ2v) is 10.4. The molecule has 0 aromatic heterocycles. The van der Waals surface area contributed by atoms with Gasteiger partial charge in [-0.25, -0.2) is 9.59 Å². The van der Waals surface area contributed by atoms with Crippen LogP contribution in [0.5, 0.6) is 11.5 Å². The van der Waals surface area contributed by atoms with Crippen LogP contribution in [0.15, 0.2) is 60.7 Å². The lowest BCUT2D eigenvalue weighted by Gasteiger charge is -2.25. The van der Waals surface area contributed by atoms with Crippen molar-refractivity contribution in [2.45, 2.75) is 64.3 Å². The van der Waals surface area contributed by atoms with Gasteiger partial charge in [-0.3, -0.25) is 0 Å². The third kappa shape index (κ3) is 8.90. The summed E-state index contributed by atoms with van der Waals surface area (Å²) in [6, 6.07) is 11.7. The first-order chi connectivity index (χ1) is 20.0. The van der Waals surface area contributed by atoms with Gasteiger partial charge < -0.3 is 38.6 Å². The van der Waals surface area contributed by atoms with Crippen molar-refractivity contribution in [1.82, 2.24) is 0 Å². The molecule has 0 saturated carbocycles. The van der Waals surface area contributed by atoms with Crippen molar-refractivity contribution in [3.63, 3.8) is 0 Å². The maximum Gasteiger partial charge on any atom is 0.340 e. The molecule has 0 bridgehead atoms. The van der Waals surface area contributed by atoms with E-state index in [4.69, 9.17) is 28.4 Å². The van der Waals surface area contributed by atoms with Gasteiger partial charge in [0.05, 0.1) is 24.9 Å². The number of esters is 1. The van der Waals surface area contributed by atoms with Crippen LogP contribution in [-0.4, -0.2) is 73.4 Å². The van der Waals surface area contributed by atoms with Crippen molar-refractivity contribution >= 4 is 18.0 Å². The number of carboxylic acids is 1. The molecule has 1 saturated heterocycles. The third-order valence-electron chi connectivity index (χ3n) is 6.72. The average Bonchev–Trinajstić information content (AvgIpc) is 3.27. The number of methoxy groups -OCH3 is 2. The lowest BCUT2D eigenvalue weighted by molar-refractivity contribution is -0.152. The molecule has 1 heterocycles. The highest BCUT2D eigenvalue weighted by molar-refractivity contribution is 5.95. The maximum atomic E-state index is 13.0. The minimum Gasteiger partial charge on any atom is -0.497 e. The highest BCUT2D eigenvalue weighted by atomic mass is 16.8. The minimum absolute atomic E-state index is 0.0470. The van der Waals surface area contributed by atoms with Crippen molar-refractivity contribution < 1.29 is 48.2 Å². The quantitative estimate of drug-likeness (QED) is 0.176. The molecule has 3 rings (SSSR count). The molecule has 42 heavy (non-hydrogen) atoms. The van der Waals surface area contributed by atoms with Crippen LogP contribution in [-0.2, 0) is 18.9 Å². The van der Waals surface area contributed by atoms with Gasteiger partial charge in [0.2, 0.25) is 0 Å². The SMILES string of the molecule is COCOc1cc(OC)cc(/C=C/C[C@H]2OC(C)(C)O[C@@H]2C(/C=C\[C@@H](C)[C@H](C)O)OC(=O)c2ccccc2)c1C(=O)O. The third-order valence-corrected chi connectivity index (χ3v) is 6.72. The summed E-state index contributed by atoms with van der Waals surface area (Å²) in [5.41, 5.74) is 0.703. The Morgan fingerprint density at radius 3 is 2.40 bits per heavy atom.